The van der Waals surface area contributed by atoms with E-state index in [1.165, 1.54) is 6.07 Å². The van der Waals surface area contributed by atoms with E-state index in [4.69, 9.17) is 19.2 Å². The van der Waals surface area contributed by atoms with Gasteiger partial charge in [0.25, 0.3) is 5.91 Å². The second-order valence-corrected chi connectivity index (χ2v) is 6.73. The maximum atomic E-state index is 12.0. The highest BCUT2D eigenvalue weighted by molar-refractivity contribution is 5.91. The third-order valence-corrected chi connectivity index (χ3v) is 4.41. The van der Waals surface area contributed by atoms with Gasteiger partial charge in [0.1, 0.15) is 17.9 Å². The summed E-state index contributed by atoms with van der Waals surface area (Å²) in [4.78, 5) is 35.1. The number of ether oxygens (including phenoxy) is 2. The van der Waals surface area contributed by atoms with Gasteiger partial charge in [0.2, 0.25) is 0 Å². The predicted octanol–water partition coefficient (Wildman–Crippen LogP) is 2.87. The summed E-state index contributed by atoms with van der Waals surface area (Å²) in [5.41, 5.74) is 1.99. The first-order valence-electron chi connectivity index (χ1n) is 9.53. The van der Waals surface area contributed by atoms with Crippen LogP contribution in [-0.2, 0) is 16.1 Å². The molecule has 2 aromatic carbocycles. The molecule has 0 aliphatic heterocycles. The topological polar surface area (TPSA) is 119 Å². The highest BCUT2D eigenvalue weighted by atomic mass is 16.5. The van der Waals surface area contributed by atoms with Crippen LogP contribution in [0.5, 0.6) is 5.75 Å². The van der Waals surface area contributed by atoms with Gasteiger partial charge in [0, 0.05) is 24.1 Å². The Balaban J connectivity index is 1.54. The lowest BCUT2D eigenvalue weighted by atomic mass is 10.1. The van der Waals surface area contributed by atoms with Crippen LogP contribution < -0.4 is 15.7 Å². The van der Waals surface area contributed by atoms with Gasteiger partial charge in [-0.05, 0) is 42.3 Å². The van der Waals surface area contributed by atoms with Crippen LogP contribution >= 0.6 is 0 Å². The van der Waals surface area contributed by atoms with Crippen molar-refractivity contribution in [3.05, 3.63) is 75.6 Å². The summed E-state index contributed by atoms with van der Waals surface area (Å²) >= 11 is 0. The molecule has 31 heavy (non-hydrogen) atoms. The lowest BCUT2D eigenvalue weighted by molar-refractivity contribution is -0.124. The molecule has 0 bridgehead atoms. The summed E-state index contributed by atoms with van der Waals surface area (Å²) in [6.45, 7) is 1.89. The largest absolute Gasteiger partial charge is 0.489 e. The lowest BCUT2D eigenvalue weighted by Gasteiger charge is -2.09. The van der Waals surface area contributed by atoms with Crippen molar-refractivity contribution in [1.29, 1.82) is 5.26 Å². The van der Waals surface area contributed by atoms with Gasteiger partial charge >= 0.3 is 11.6 Å². The molecule has 0 atom stereocenters. The number of rotatable bonds is 8. The maximum absolute atomic E-state index is 12.0. The molecule has 0 fully saturated rings. The van der Waals surface area contributed by atoms with Crippen LogP contribution in [0, 0.1) is 18.3 Å². The van der Waals surface area contributed by atoms with Gasteiger partial charge in [-0.3, -0.25) is 4.79 Å². The van der Waals surface area contributed by atoms with E-state index in [1.807, 2.05) is 19.1 Å². The highest BCUT2D eigenvalue weighted by Crippen LogP contribution is 2.23. The molecule has 0 unspecified atom stereocenters. The minimum atomic E-state index is -0.622. The number of aryl methyl sites for hydroxylation is 1. The number of nitrogens with zero attached hydrogens (tertiary/aromatic N) is 1. The Labute approximate surface area is 178 Å². The molecule has 8 heteroatoms. The molecule has 3 rings (SSSR count). The van der Waals surface area contributed by atoms with Crippen LogP contribution in [0.1, 0.15) is 27.9 Å². The van der Waals surface area contributed by atoms with E-state index in [1.54, 1.807) is 36.4 Å². The van der Waals surface area contributed by atoms with E-state index in [9.17, 15) is 14.4 Å². The number of carbonyl (C=O) groups excluding carboxylic acids is 2. The van der Waals surface area contributed by atoms with Gasteiger partial charge in [-0.25, -0.2) is 9.59 Å². The Bertz CT molecular complexity index is 1190. The number of hydrogen-bond donors (Lipinski definition) is 1. The third kappa shape index (κ3) is 5.93. The zero-order chi connectivity index (χ0) is 22.2. The van der Waals surface area contributed by atoms with Crippen LogP contribution in [-0.4, -0.2) is 25.0 Å². The summed E-state index contributed by atoms with van der Waals surface area (Å²) < 4.78 is 15.9. The molecule has 1 aromatic heterocycles. The highest BCUT2D eigenvalue weighted by Gasteiger charge is 2.10. The number of carbonyl (C=O) groups is 2. The van der Waals surface area contributed by atoms with Crippen molar-refractivity contribution >= 4 is 22.8 Å². The Morgan fingerprint density at radius 2 is 1.90 bits per heavy atom. The van der Waals surface area contributed by atoms with E-state index in [0.29, 0.717) is 16.9 Å². The molecule has 1 N–H and O–H groups in total. The number of nitrogens with one attached hydrogen (secondary N) is 1. The molecule has 0 spiro atoms. The molecule has 0 radical (unpaired) electrons. The van der Waals surface area contributed by atoms with E-state index in [-0.39, 0.29) is 19.6 Å². The summed E-state index contributed by atoms with van der Waals surface area (Å²) in [5, 5.41) is 11.7. The van der Waals surface area contributed by atoms with E-state index in [2.05, 4.69) is 5.32 Å². The molecular formula is C23H20N2O6. The lowest BCUT2D eigenvalue weighted by Crippen LogP contribution is -2.29. The number of esters is 1. The van der Waals surface area contributed by atoms with Crippen molar-refractivity contribution in [2.45, 2.75) is 20.0 Å². The zero-order valence-electron chi connectivity index (χ0n) is 16.8. The molecule has 0 aliphatic rings. The summed E-state index contributed by atoms with van der Waals surface area (Å²) in [5.74, 6) is -0.537. The average Bonchev–Trinajstić information content (AvgIpc) is 2.76. The minimum Gasteiger partial charge on any atom is -0.489 e. The average molecular weight is 420 g/mol. The summed E-state index contributed by atoms with van der Waals surface area (Å²) in [6, 6.07) is 15.2. The molecule has 0 saturated carbocycles. The first kappa shape index (κ1) is 21.6. The number of nitriles is 1. The second-order valence-electron chi connectivity index (χ2n) is 6.73. The summed E-state index contributed by atoms with van der Waals surface area (Å²) in [7, 11) is 0. The van der Waals surface area contributed by atoms with Gasteiger partial charge in [-0.1, -0.05) is 12.1 Å². The smallest absolute Gasteiger partial charge is 0.338 e. The SMILES string of the molecule is Cc1cc(=O)oc2cc(OCc3ccc(C(=O)OCC(=O)NCCC#N)cc3)ccc12. The number of benzene rings is 2. The fourth-order valence-electron chi connectivity index (χ4n) is 2.82. The normalized spacial score (nSPS) is 10.3. The van der Waals surface area contributed by atoms with Crippen molar-refractivity contribution < 1.29 is 23.5 Å². The van der Waals surface area contributed by atoms with Crippen LogP contribution in [0.3, 0.4) is 0 Å². The predicted molar refractivity (Wildman–Crippen MR) is 112 cm³/mol. The van der Waals surface area contributed by atoms with Gasteiger partial charge < -0.3 is 19.2 Å². The molecule has 0 saturated heterocycles. The molecule has 0 aliphatic carbocycles. The van der Waals surface area contributed by atoms with Crippen molar-refractivity contribution in [2.75, 3.05) is 13.2 Å². The van der Waals surface area contributed by atoms with Gasteiger partial charge in [-0.15, -0.1) is 0 Å². The van der Waals surface area contributed by atoms with Crippen molar-refractivity contribution in [2.24, 2.45) is 0 Å². The Kier molecular flexibility index (Phi) is 7.01. The number of hydrogen-bond acceptors (Lipinski definition) is 7. The minimum absolute atomic E-state index is 0.191. The van der Waals surface area contributed by atoms with Crippen LogP contribution in [0.25, 0.3) is 11.0 Å². The Morgan fingerprint density at radius 1 is 1.13 bits per heavy atom. The Morgan fingerprint density at radius 3 is 2.65 bits per heavy atom. The number of fused-ring (bicyclic) bond motifs is 1. The monoisotopic (exact) mass is 420 g/mol. The van der Waals surface area contributed by atoms with Gasteiger partial charge in [0.15, 0.2) is 6.61 Å². The molecule has 1 amide bonds. The molecule has 3 aromatic rings. The Hall–Kier alpha value is -4.12. The maximum Gasteiger partial charge on any atom is 0.338 e. The van der Waals surface area contributed by atoms with Gasteiger partial charge in [0.05, 0.1) is 18.1 Å². The molecule has 1 heterocycles. The third-order valence-electron chi connectivity index (χ3n) is 4.41. The second kappa shape index (κ2) is 10.1. The molecular weight excluding hydrogens is 400 g/mol. The van der Waals surface area contributed by atoms with E-state index < -0.39 is 24.1 Å². The molecule has 8 nitrogen and oxygen atoms in total. The van der Waals surface area contributed by atoms with Crippen molar-refractivity contribution in [1.82, 2.24) is 5.32 Å². The zero-order valence-corrected chi connectivity index (χ0v) is 16.8. The quantitative estimate of drug-likeness (QED) is 0.338. The molecule has 158 valence electrons. The fraction of sp³-hybridized carbons (Fsp3) is 0.217. The number of amides is 1. The van der Waals surface area contributed by atoms with Crippen molar-refractivity contribution in [3.63, 3.8) is 0 Å². The van der Waals surface area contributed by atoms with Crippen LogP contribution in [0.15, 0.2) is 57.7 Å². The van der Waals surface area contributed by atoms with Gasteiger partial charge in [-0.2, -0.15) is 5.26 Å². The first-order valence-corrected chi connectivity index (χ1v) is 9.53. The first-order chi connectivity index (χ1) is 15.0. The van der Waals surface area contributed by atoms with Crippen LogP contribution in [0.4, 0.5) is 0 Å². The van der Waals surface area contributed by atoms with E-state index >= 15 is 0 Å². The van der Waals surface area contributed by atoms with Crippen molar-refractivity contribution in [3.8, 4) is 11.8 Å². The summed E-state index contributed by atoms with van der Waals surface area (Å²) in [6.07, 6.45) is 0.191. The van der Waals surface area contributed by atoms with Crippen LogP contribution in [0.2, 0.25) is 0 Å². The standard InChI is InChI=1S/C23H20N2O6/c1-15-11-22(27)31-20-12-18(7-8-19(15)20)29-13-16-3-5-17(6-4-16)23(28)30-14-21(26)25-10-2-9-24/h3-8,11-12H,2,10,13-14H2,1H3,(H,25,26). The van der Waals surface area contributed by atoms with E-state index in [0.717, 1.165) is 16.5 Å². The fourth-order valence-corrected chi connectivity index (χ4v) is 2.82.